The van der Waals surface area contributed by atoms with Gasteiger partial charge in [-0.1, -0.05) is 36.4 Å². The van der Waals surface area contributed by atoms with Crippen LogP contribution in [0.3, 0.4) is 0 Å². The Morgan fingerprint density at radius 2 is 1.76 bits per heavy atom. The lowest BCUT2D eigenvalue weighted by Crippen LogP contribution is -2.33. The fraction of sp³-hybridized carbons (Fsp3) is 0.235. The average Bonchev–Trinajstić information content (AvgIpc) is 2.89. The summed E-state index contributed by atoms with van der Waals surface area (Å²) in [5.41, 5.74) is 0.744. The number of hydrogen-bond acceptors (Lipinski definition) is 4. The number of amidine groups is 1. The lowest BCUT2D eigenvalue weighted by molar-refractivity contribution is 0.135. The molecule has 0 aliphatic carbocycles. The minimum Gasteiger partial charge on any atom is -0.456 e. The third-order valence-corrected chi connectivity index (χ3v) is 4.57. The molecule has 1 atom stereocenters. The molecule has 0 amide bonds. The van der Waals surface area contributed by atoms with Crippen LogP contribution in [0, 0.1) is 0 Å². The molecule has 0 aromatic heterocycles. The van der Waals surface area contributed by atoms with Crippen molar-refractivity contribution in [1.29, 1.82) is 0 Å². The summed E-state index contributed by atoms with van der Waals surface area (Å²) in [4.78, 5) is 5.72. The number of thioether (sulfide) groups is 1. The van der Waals surface area contributed by atoms with Crippen LogP contribution in [0.5, 0.6) is 0 Å². The highest BCUT2D eigenvalue weighted by Gasteiger charge is 2.33. The number of ether oxygens (including phenoxy) is 1. The molecule has 1 heterocycles. The molecule has 108 valence electrons. The highest BCUT2D eigenvalue weighted by atomic mass is 32.2. The van der Waals surface area contributed by atoms with Gasteiger partial charge in [0.1, 0.15) is 5.60 Å². The van der Waals surface area contributed by atoms with Gasteiger partial charge in [0.15, 0.2) is 0 Å². The number of hydrogen-bond donors (Lipinski definition) is 1. The lowest BCUT2D eigenvalue weighted by Gasteiger charge is -2.23. The van der Waals surface area contributed by atoms with E-state index in [4.69, 9.17) is 4.74 Å². The number of nitrogens with one attached hydrogen (secondary N) is 1. The van der Waals surface area contributed by atoms with Crippen molar-refractivity contribution in [2.24, 2.45) is 4.99 Å². The minimum atomic E-state index is -0.252. The maximum atomic E-state index is 5.99. The first-order chi connectivity index (χ1) is 10.2. The van der Waals surface area contributed by atoms with Crippen LogP contribution in [0.15, 0.2) is 70.6 Å². The molecular formula is C17H18N2OS. The second-order valence-electron chi connectivity index (χ2n) is 5.27. The van der Waals surface area contributed by atoms with E-state index in [1.54, 1.807) is 11.8 Å². The highest BCUT2D eigenvalue weighted by molar-refractivity contribution is 7.99. The zero-order valence-electron chi connectivity index (χ0n) is 12.0. The Balaban J connectivity index is 1.54. The molecule has 2 aromatic carbocycles. The predicted octanol–water partition coefficient (Wildman–Crippen LogP) is 4.04. The number of anilines is 1. The van der Waals surface area contributed by atoms with Crippen LogP contribution in [0.4, 0.5) is 5.69 Å². The number of aliphatic imine (C=N–C) groups is 1. The Morgan fingerprint density at radius 1 is 1.10 bits per heavy atom. The maximum Gasteiger partial charge on any atom is 0.289 e. The number of para-hydroxylation sites is 1. The van der Waals surface area contributed by atoms with E-state index in [2.05, 4.69) is 41.5 Å². The summed E-state index contributed by atoms with van der Waals surface area (Å²) in [6, 6.07) is 21.0. The minimum absolute atomic E-state index is 0.252. The van der Waals surface area contributed by atoms with Gasteiger partial charge in [0.05, 0.1) is 6.54 Å². The molecule has 0 radical (unpaired) electrons. The van der Waals surface area contributed by atoms with E-state index in [0.717, 1.165) is 11.4 Å². The summed E-state index contributed by atoms with van der Waals surface area (Å²) in [7, 11) is 0. The van der Waals surface area contributed by atoms with Crippen molar-refractivity contribution in [2.75, 3.05) is 17.6 Å². The van der Waals surface area contributed by atoms with Gasteiger partial charge < -0.3 is 10.1 Å². The second kappa shape index (κ2) is 6.22. The fourth-order valence-corrected chi connectivity index (χ4v) is 3.05. The van der Waals surface area contributed by atoms with Gasteiger partial charge in [-0.05, 0) is 31.2 Å². The van der Waals surface area contributed by atoms with Gasteiger partial charge in [-0.25, -0.2) is 4.99 Å². The lowest BCUT2D eigenvalue weighted by atomic mass is 10.1. The van der Waals surface area contributed by atoms with Crippen molar-refractivity contribution in [1.82, 2.24) is 0 Å². The second-order valence-corrected chi connectivity index (χ2v) is 6.31. The smallest absolute Gasteiger partial charge is 0.289 e. The Bertz CT molecular complexity index is 615. The Morgan fingerprint density at radius 3 is 2.48 bits per heavy atom. The van der Waals surface area contributed by atoms with Gasteiger partial charge in [-0.3, -0.25) is 0 Å². The van der Waals surface area contributed by atoms with E-state index in [9.17, 15) is 0 Å². The van der Waals surface area contributed by atoms with Crippen LogP contribution >= 0.6 is 11.8 Å². The van der Waals surface area contributed by atoms with Gasteiger partial charge in [-0.2, -0.15) is 0 Å². The van der Waals surface area contributed by atoms with Crippen molar-refractivity contribution in [3.63, 3.8) is 0 Å². The largest absolute Gasteiger partial charge is 0.456 e. The quantitative estimate of drug-likeness (QED) is 0.865. The summed E-state index contributed by atoms with van der Waals surface area (Å²) >= 11 is 1.80. The molecule has 1 unspecified atom stereocenters. The molecule has 3 nitrogen and oxygen atoms in total. The Labute approximate surface area is 129 Å². The van der Waals surface area contributed by atoms with Crippen molar-refractivity contribution < 1.29 is 4.74 Å². The number of nitrogens with zero attached hydrogens (tertiary/aromatic N) is 1. The van der Waals surface area contributed by atoms with Crippen LogP contribution in [0.1, 0.15) is 6.92 Å². The first-order valence-corrected chi connectivity index (χ1v) is 7.95. The number of benzene rings is 2. The van der Waals surface area contributed by atoms with E-state index in [-0.39, 0.29) is 5.60 Å². The molecule has 0 saturated heterocycles. The van der Waals surface area contributed by atoms with Gasteiger partial charge in [0.25, 0.3) is 6.02 Å². The van der Waals surface area contributed by atoms with Crippen molar-refractivity contribution >= 4 is 23.5 Å². The molecule has 0 bridgehead atoms. The SMILES string of the molecule is CC1(CSc2ccccc2)CN=C(Nc2ccccc2)O1. The summed E-state index contributed by atoms with van der Waals surface area (Å²) < 4.78 is 5.99. The van der Waals surface area contributed by atoms with Crippen LogP contribution < -0.4 is 5.32 Å². The Hall–Kier alpha value is -1.94. The first kappa shape index (κ1) is 14.0. The van der Waals surface area contributed by atoms with Crippen molar-refractivity contribution in [2.45, 2.75) is 17.4 Å². The highest BCUT2D eigenvalue weighted by Crippen LogP contribution is 2.28. The van der Waals surface area contributed by atoms with Gasteiger partial charge in [-0.15, -0.1) is 11.8 Å². The van der Waals surface area contributed by atoms with Gasteiger partial charge in [0.2, 0.25) is 0 Å². The van der Waals surface area contributed by atoms with Crippen LogP contribution in [-0.4, -0.2) is 23.9 Å². The molecule has 1 aliphatic heterocycles. The van der Waals surface area contributed by atoms with E-state index in [0.29, 0.717) is 12.6 Å². The molecule has 21 heavy (non-hydrogen) atoms. The monoisotopic (exact) mass is 298 g/mol. The van der Waals surface area contributed by atoms with E-state index < -0.39 is 0 Å². The molecule has 3 rings (SSSR count). The molecule has 1 N–H and O–H groups in total. The van der Waals surface area contributed by atoms with E-state index in [1.165, 1.54) is 4.90 Å². The molecule has 0 spiro atoms. The summed E-state index contributed by atoms with van der Waals surface area (Å²) in [5.74, 6) is 0.875. The topological polar surface area (TPSA) is 33.6 Å². The third-order valence-electron chi connectivity index (χ3n) is 3.21. The normalized spacial score (nSPS) is 20.7. The zero-order chi connectivity index (χ0) is 14.5. The summed E-state index contributed by atoms with van der Waals surface area (Å²) in [6.45, 7) is 2.79. The van der Waals surface area contributed by atoms with Crippen LogP contribution in [0.25, 0.3) is 0 Å². The fourth-order valence-electron chi connectivity index (χ4n) is 2.07. The predicted molar refractivity (Wildman–Crippen MR) is 89.0 cm³/mol. The summed E-state index contributed by atoms with van der Waals surface area (Å²) in [5, 5.41) is 3.21. The van der Waals surface area contributed by atoms with Gasteiger partial charge in [0, 0.05) is 16.3 Å². The number of rotatable bonds is 4. The third kappa shape index (κ3) is 3.79. The average molecular weight is 298 g/mol. The van der Waals surface area contributed by atoms with Crippen LogP contribution in [-0.2, 0) is 4.74 Å². The van der Waals surface area contributed by atoms with E-state index >= 15 is 0 Å². The van der Waals surface area contributed by atoms with Crippen molar-refractivity contribution in [3.05, 3.63) is 60.7 Å². The van der Waals surface area contributed by atoms with Crippen LogP contribution in [0.2, 0.25) is 0 Å². The molecular weight excluding hydrogens is 280 g/mol. The van der Waals surface area contributed by atoms with Crippen molar-refractivity contribution in [3.8, 4) is 0 Å². The zero-order valence-corrected chi connectivity index (χ0v) is 12.8. The first-order valence-electron chi connectivity index (χ1n) is 6.97. The molecule has 0 saturated carbocycles. The molecule has 1 aliphatic rings. The van der Waals surface area contributed by atoms with E-state index in [1.807, 2.05) is 36.4 Å². The maximum absolute atomic E-state index is 5.99. The van der Waals surface area contributed by atoms with Gasteiger partial charge >= 0.3 is 0 Å². The summed E-state index contributed by atoms with van der Waals surface area (Å²) in [6.07, 6.45) is 0. The Kier molecular flexibility index (Phi) is 4.15. The molecule has 2 aromatic rings. The molecule has 0 fully saturated rings. The molecule has 4 heteroatoms. The standard InChI is InChI=1S/C17H18N2OS/c1-17(13-21-15-10-6-3-7-11-15)12-18-16(20-17)19-14-8-4-2-5-9-14/h2-11H,12-13H2,1H3,(H,18,19).